The van der Waals surface area contributed by atoms with Crippen LogP contribution in [0.2, 0.25) is 0 Å². The van der Waals surface area contributed by atoms with Crippen molar-refractivity contribution in [2.45, 2.75) is 58.3 Å². The van der Waals surface area contributed by atoms with Crippen molar-refractivity contribution < 1.29 is 41.5 Å². The molecule has 0 amide bonds. The zero-order valence-corrected chi connectivity index (χ0v) is 18.4. The standard InChI is InChI=1S/C23H27F2.Y/c1-17-6-8-18(9-7-17)4-2-3-5-19-10-12-20(13-11-19)21-14-22(24)16-23(25)15-21;/h10-15,17-18H,2-9H2,1H3;/q-1;. The normalized spacial score (nSPS) is 19.8. The quantitative estimate of drug-likeness (QED) is 0.343. The van der Waals surface area contributed by atoms with Crippen LogP contribution < -0.4 is 0 Å². The Morgan fingerprint density at radius 2 is 1.50 bits per heavy atom. The van der Waals surface area contributed by atoms with E-state index in [1.165, 1.54) is 62.6 Å². The zero-order chi connectivity index (χ0) is 17.6. The van der Waals surface area contributed by atoms with Crippen LogP contribution in [0.4, 0.5) is 8.78 Å². The molecule has 0 unspecified atom stereocenters. The van der Waals surface area contributed by atoms with E-state index in [9.17, 15) is 8.78 Å². The molecular weight excluding hydrogens is 403 g/mol. The van der Waals surface area contributed by atoms with E-state index in [4.69, 9.17) is 0 Å². The molecule has 0 spiro atoms. The second-order valence-corrected chi connectivity index (χ2v) is 7.63. The Labute approximate surface area is 181 Å². The van der Waals surface area contributed by atoms with Gasteiger partial charge in [-0.2, -0.15) is 0 Å². The molecule has 2 aromatic carbocycles. The van der Waals surface area contributed by atoms with Gasteiger partial charge in [-0.3, -0.25) is 0 Å². The van der Waals surface area contributed by atoms with Gasteiger partial charge in [0.2, 0.25) is 0 Å². The summed E-state index contributed by atoms with van der Waals surface area (Å²) < 4.78 is 26.6. The third-order valence-electron chi connectivity index (χ3n) is 5.55. The molecule has 1 radical (unpaired) electrons. The molecule has 0 nitrogen and oxygen atoms in total. The number of halogens is 2. The van der Waals surface area contributed by atoms with Gasteiger partial charge < -0.3 is 0 Å². The third-order valence-corrected chi connectivity index (χ3v) is 5.55. The Morgan fingerprint density at radius 1 is 0.885 bits per heavy atom. The molecule has 0 N–H and O–H groups in total. The Hall–Kier alpha value is -0.596. The average Bonchev–Trinajstić information content (AvgIpc) is 2.60. The topological polar surface area (TPSA) is 0 Å². The van der Waals surface area contributed by atoms with Gasteiger partial charge in [0, 0.05) is 44.3 Å². The molecular formula is C23H27F2Y-. The van der Waals surface area contributed by atoms with Gasteiger partial charge in [-0.15, -0.1) is 23.8 Å². The van der Waals surface area contributed by atoms with Crippen LogP contribution in [0.3, 0.4) is 0 Å². The van der Waals surface area contributed by atoms with Crippen molar-refractivity contribution >= 4 is 0 Å². The van der Waals surface area contributed by atoms with E-state index in [-0.39, 0.29) is 32.7 Å². The summed E-state index contributed by atoms with van der Waals surface area (Å²) in [6.07, 6.45) is 10.6. The summed E-state index contributed by atoms with van der Waals surface area (Å²) in [6, 6.07) is 12.7. The molecule has 0 atom stereocenters. The second-order valence-electron chi connectivity index (χ2n) is 7.63. The molecule has 2 aromatic rings. The van der Waals surface area contributed by atoms with Gasteiger partial charge in [0.25, 0.3) is 0 Å². The van der Waals surface area contributed by atoms with Crippen LogP contribution >= 0.6 is 0 Å². The average molecular weight is 430 g/mol. The molecule has 0 aliphatic heterocycles. The number of benzene rings is 2. The number of hydrogen-bond donors (Lipinski definition) is 0. The van der Waals surface area contributed by atoms with Gasteiger partial charge in [0.05, 0.1) is 0 Å². The van der Waals surface area contributed by atoms with E-state index in [2.05, 4.69) is 19.1 Å². The first-order valence-corrected chi connectivity index (χ1v) is 9.58. The maximum Gasteiger partial charge on any atom is 0.0142 e. The number of unbranched alkanes of at least 4 members (excludes halogenated alkanes) is 1. The molecule has 0 bridgehead atoms. The van der Waals surface area contributed by atoms with Gasteiger partial charge in [-0.1, -0.05) is 69.7 Å². The van der Waals surface area contributed by atoms with E-state index in [1.54, 1.807) is 0 Å². The fourth-order valence-corrected chi connectivity index (χ4v) is 3.91. The van der Waals surface area contributed by atoms with Crippen LogP contribution in [0, 0.1) is 29.5 Å². The van der Waals surface area contributed by atoms with Crippen LogP contribution in [-0.2, 0) is 39.1 Å². The monoisotopic (exact) mass is 430 g/mol. The molecule has 26 heavy (non-hydrogen) atoms. The van der Waals surface area contributed by atoms with Crippen molar-refractivity contribution in [1.82, 2.24) is 0 Å². The molecule has 1 fully saturated rings. The van der Waals surface area contributed by atoms with Crippen LogP contribution in [-0.4, -0.2) is 0 Å². The van der Waals surface area contributed by atoms with Gasteiger partial charge in [-0.05, 0) is 35.8 Å². The van der Waals surface area contributed by atoms with E-state index in [0.717, 1.165) is 23.8 Å². The fourth-order valence-electron chi connectivity index (χ4n) is 3.91. The van der Waals surface area contributed by atoms with E-state index in [0.29, 0.717) is 5.56 Å². The molecule has 137 valence electrons. The molecule has 0 aromatic heterocycles. The molecule has 1 saturated carbocycles. The SMILES string of the molecule is CC1CCC(CCCCc2ccc(-c3cc(F)[c-]c(F)c3)cc2)CC1.[Y]. The van der Waals surface area contributed by atoms with Crippen LogP contribution in [0.5, 0.6) is 0 Å². The Kier molecular flexibility index (Phi) is 8.90. The van der Waals surface area contributed by atoms with Crippen molar-refractivity contribution in [2.24, 2.45) is 11.8 Å². The summed E-state index contributed by atoms with van der Waals surface area (Å²) in [7, 11) is 0. The third kappa shape index (κ3) is 6.53. The van der Waals surface area contributed by atoms with Crippen LogP contribution in [0.15, 0.2) is 36.4 Å². The number of hydrogen-bond acceptors (Lipinski definition) is 0. The van der Waals surface area contributed by atoms with Gasteiger partial charge in [-0.25, -0.2) is 8.78 Å². The Balaban J connectivity index is 0.00000243. The smallest absolute Gasteiger partial charge is 0.0142 e. The Bertz CT molecular complexity index is 653. The summed E-state index contributed by atoms with van der Waals surface area (Å²) in [5.41, 5.74) is 2.70. The Morgan fingerprint density at radius 3 is 2.12 bits per heavy atom. The summed E-state index contributed by atoms with van der Waals surface area (Å²) in [5, 5.41) is 0. The minimum Gasteiger partial charge on any atom is -0.236 e. The van der Waals surface area contributed by atoms with Crippen molar-refractivity contribution in [1.29, 1.82) is 0 Å². The minimum atomic E-state index is -0.656. The van der Waals surface area contributed by atoms with E-state index in [1.807, 2.05) is 18.2 Å². The number of aryl methyl sites for hydroxylation is 1. The largest absolute Gasteiger partial charge is 0.236 e. The zero-order valence-electron chi connectivity index (χ0n) is 15.6. The first-order chi connectivity index (χ1) is 12.1. The maximum atomic E-state index is 13.3. The molecule has 3 heteroatoms. The predicted molar refractivity (Wildman–Crippen MR) is 99.3 cm³/mol. The van der Waals surface area contributed by atoms with Crippen molar-refractivity contribution in [3.8, 4) is 11.1 Å². The summed E-state index contributed by atoms with van der Waals surface area (Å²) in [6.45, 7) is 2.37. The van der Waals surface area contributed by atoms with Gasteiger partial charge in [0.15, 0.2) is 0 Å². The fraction of sp³-hybridized carbons (Fsp3) is 0.478. The summed E-state index contributed by atoms with van der Waals surface area (Å²) >= 11 is 0. The van der Waals surface area contributed by atoms with Crippen LogP contribution in [0.25, 0.3) is 11.1 Å². The molecule has 1 aliphatic rings. The minimum absolute atomic E-state index is 0. The van der Waals surface area contributed by atoms with E-state index < -0.39 is 11.6 Å². The van der Waals surface area contributed by atoms with Crippen molar-refractivity contribution in [3.05, 3.63) is 59.7 Å². The molecule has 0 heterocycles. The predicted octanol–water partition coefficient (Wildman–Crippen LogP) is 6.97. The number of rotatable bonds is 6. The van der Waals surface area contributed by atoms with Gasteiger partial charge in [0.1, 0.15) is 0 Å². The van der Waals surface area contributed by atoms with Crippen molar-refractivity contribution in [3.63, 3.8) is 0 Å². The van der Waals surface area contributed by atoms with Crippen LogP contribution in [0.1, 0.15) is 57.4 Å². The molecule has 1 aliphatic carbocycles. The summed E-state index contributed by atoms with van der Waals surface area (Å²) in [4.78, 5) is 0. The second kappa shape index (κ2) is 10.7. The van der Waals surface area contributed by atoms with Gasteiger partial charge >= 0.3 is 0 Å². The van der Waals surface area contributed by atoms with Crippen molar-refractivity contribution in [2.75, 3.05) is 0 Å². The first kappa shape index (κ1) is 21.7. The van der Waals surface area contributed by atoms with E-state index >= 15 is 0 Å². The summed E-state index contributed by atoms with van der Waals surface area (Å²) in [5.74, 6) is 0.560. The molecule has 0 saturated heterocycles. The molecule has 3 rings (SSSR count). The first-order valence-electron chi connectivity index (χ1n) is 9.58. The maximum absolute atomic E-state index is 13.3.